The second-order valence-electron chi connectivity index (χ2n) is 9.81. The highest BCUT2D eigenvalue weighted by molar-refractivity contribution is 6.04. The summed E-state index contributed by atoms with van der Waals surface area (Å²) in [5.41, 5.74) is 0.961. The predicted octanol–water partition coefficient (Wildman–Crippen LogP) is 5.84. The predicted molar refractivity (Wildman–Crippen MR) is 161 cm³/mol. The third-order valence-electron chi connectivity index (χ3n) is 6.98. The van der Waals surface area contributed by atoms with Gasteiger partial charge in [0.1, 0.15) is 5.75 Å². The number of carbonyl (C=O) groups is 2. The highest BCUT2D eigenvalue weighted by Gasteiger charge is 2.33. The molecule has 3 aromatic rings. The van der Waals surface area contributed by atoms with Crippen molar-refractivity contribution in [3.63, 3.8) is 0 Å². The smallest absolute Gasteiger partial charge is 0.418 e. The summed E-state index contributed by atoms with van der Waals surface area (Å²) < 4.78 is 51.0. The minimum atomic E-state index is -4.63. The molecule has 0 radical (unpaired) electrons. The number of amides is 3. The van der Waals surface area contributed by atoms with Crippen LogP contribution in [-0.4, -0.2) is 65.0 Å². The summed E-state index contributed by atoms with van der Waals surface area (Å²) in [5.74, 6) is 0.458. The first-order chi connectivity index (χ1) is 20.7. The van der Waals surface area contributed by atoms with Gasteiger partial charge in [-0.15, -0.1) is 0 Å². The molecule has 3 aromatic carbocycles. The van der Waals surface area contributed by atoms with Crippen molar-refractivity contribution < 1.29 is 32.2 Å². The minimum absolute atomic E-state index is 0.262. The number of halogens is 3. The van der Waals surface area contributed by atoms with Gasteiger partial charge in [-0.2, -0.15) is 13.2 Å². The fourth-order valence-electron chi connectivity index (χ4n) is 4.89. The molecule has 0 aliphatic carbocycles. The zero-order chi connectivity index (χ0) is 30.8. The molecule has 3 N–H and O–H groups in total. The van der Waals surface area contributed by atoms with Crippen LogP contribution in [0.25, 0.3) is 0 Å². The number of piperazine rings is 1. The summed E-state index contributed by atoms with van der Waals surface area (Å²) in [7, 11) is 1.64. The molecule has 0 atom stereocenters. The second kappa shape index (κ2) is 14.6. The number of anilines is 4. The number of alkyl halides is 3. The molecule has 1 saturated heterocycles. The topological polar surface area (TPSA) is 95.2 Å². The molecule has 4 rings (SSSR count). The van der Waals surface area contributed by atoms with Crippen molar-refractivity contribution in [2.45, 2.75) is 19.5 Å². The molecule has 230 valence electrons. The first-order valence-corrected chi connectivity index (χ1v) is 14.1. The van der Waals surface area contributed by atoms with Crippen LogP contribution in [0.3, 0.4) is 0 Å². The van der Waals surface area contributed by atoms with Crippen molar-refractivity contribution in [1.82, 2.24) is 5.32 Å². The number of benzene rings is 3. The van der Waals surface area contributed by atoms with Gasteiger partial charge in [-0.25, -0.2) is 4.79 Å². The van der Waals surface area contributed by atoms with Crippen LogP contribution in [0.5, 0.6) is 5.75 Å². The van der Waals surface area contributed by atoms with Gasteiger partial charge in [0.15, 0.2) is 0 Å². The van der Waals surface area contributed by atoms with Gasteiger partial charge in [0, 0.05) is 57.3 Å². The van der Waals surface area contributed by atoms with Gasteiger partial charge < -0.3 is 35.2 Å². The summed E-state index contributed by atoms with van der Waals surface area (Å²) in [6.45, 7) is 6.03. The Kier molecular flexibility index (Phi) is 10.7. The van der Waals surface area contributed by atoms with Gasteiger partial charge in [0.05, 0.1) is 29.6 Å². The molecule has 0 spiro atoms. The molecular weight excluding hydrogens is 563 g/mol. The lowest BCUT2D eigenvalue weighted by molar-refractivity contribution is -0.136. The largest absolute Gasteiger partial charge is 0.495 e. The maximum Gasteiger partial charge on any atom is 0.418 e. The number of carbonyl (C=O) groups excluding carboxylic acids is 2. The molecule has 0 unspecified atom stereocenters. The lowest BCUT2D eigenvalue weighted by Crippen LogP contribution is -2.47. The minimum Gasteiger partial charge on any atom is -0.495 e. The van der Waals surface area contributed by atoms with Gasteiger partial charge >= 0.3 is 12.2 Å². The normalized spacial score (nSPS) is 13.4. The number of hydrogen-bond donors (Lipinski definition) is 3. The van der Waals surface area contributed by atoms with E-state index in [2.05, 4.69) is 25.8 Å². The average Bonchev–Trinajstić information content (AvgIpc) is 3.00. The molecule has 1 aliphatic heterocycles. The quantitative estimate of drug-likeness (QED) is 0.240. The van der Waals surface area contributed by atoms with Crippen molar-refractivity contribution in [3.05, 3.63) is 77.9 Å². The zero-order valence-electron chi connectivity index (χ0n) is 24.2. The van der Waals surface area contributed by atoms with Gasteiger partial charge in [0.25, 0.3) is 5.91 Å². The Labute approximate surface area is 249 Å². The van der Waals surface area contributed by atoms with E-state index in [1.54, 1.807) is 19.2 Å². The number of para-hydroxylation sites is 3. The monoisotopic (exact) mass is 599 g/mol. The summed E-state index contributed by atoms with van der Waals surface area (Å²) in [5, 5.41) is 7.73. The summed E-state index contributed by atoms with van der Waals surface area (Å²) >= 11 is 0. The molecular formula is C31H36F3N5O4. The Bertz CT molecular complexity index is 1390. The fourth-order valence-corrected chi connectivity index (χ4v) is 4.89. The Morgan fingerprint density at radius 2 is 1.56 bits per heavy atom. The van der Waals surface area contributed by atoms with Crippen LogP contribution >= 0.6 is 0 Å². The number of methoxy groups -OCH3 is 1. The van der Waals surface area contributed by atoms with E-state index in [1.807, 2.05) is 31.2 Å². The SMILES string of the molecule is CCOCCCNC(=O)c1cc(NC(=O)Nc2ccccc2C(F)(F)F)ccc1N1CCN(c2ccccc2OC)CC1. The Hall–Kier alpha value is -4.45. The molecule has 43 heavy (non-hydrogen) atoms. The van der Waals surface area contributed by atoms with E-state index in [0.717, 1.165) is 17.5 Å². The number of nitrogens with one attached hydrogen (secondary N) is 3. The van der Waals surface area contributed by atoms with Crippen LogP contribution in [0, 0.1) is 0 Å². The molecule has 3 amide bonds. The standard InChI is InChI=1S/C31H36F3N5O4/c1-3-43-20-8-15-35-29(40)23-21-22(36-30(41)37-25-10-5-4-9-24(25)31(32,33)34)13-14-26(23)38-16-18-39(19-17-38)27-11-6-7-12-28(27)42-2/h4-7,9-14,21H,3,8,15-20H2,1-2H3,(H,35,40)(H2,36,37,41). The lowest BCUT2D eigenvalue weighted by atomic mass is 10.1. The van der Waals surface area contributed by atoms with Crippen molar-refractivity contribution in [2.75, 3.05) is 73.5 Å². The number of hydrogen-bond acceptors (Lipinski definition) is 6. The van der Waals surface area contributed by atoms with Crippen molar-refractivity contribution in [1.29, 1.82) is 0 Å². The van der Waals surface area contributed by atoms with E-state index in [-0.39, 0.29) is 17.3 Å². The van der Waals surface area contributed by atoms with Crippen LogP contribution in [0.2, 0.25) is 0 Å². The van der Waals surface area contributed by atoms with E-state index >= 15 is 0 Å². The maximum absolute atomic E-state index is 13.4. The molecule has 1 aliphatic rings. The molecule has 1 fully saturated rings. The summed E-state index contributed by atoms with van der Waals surface area (Å²) in [6, 6.07) is 16.6. The zero-order valence-corrected chi connectivity index (χ0v) is 24.2. The van der Waals surface area contributed by atoms with Crippen LogP contribution < -0.4 is 30.5 Å². The third kappa shape index (κ3) is 8.31. The van der Waals surface area contributed by atoms with Crippen LogP contribution in [-0.2, 0) is 10.9 Å². The summed E-state index contributed by atoms with van der Waals surface area (Å²) in [6.07, 6.45) is -4.00. The van der Waals surface area contributed by atoms with Crippen molar-refractivity contribution in [3.8, 4) is 5.75 Å². The van der Waals surface area contributed by atoms with Crippen LogP contribution in [0.4, 0.5) is 40.7 Å². The molecule has 0 bridgehead atoms. The molecule has 12 heteroatoms. The molecule has 1 heterocycles. The Balaban J connectivity index is 1.51. The van der Waals surface area contributed by atoms with Gasteiger partial charge in [0.2, 0.25) is 0 Å². The summed E-state index contributed by atoms with van der Waals surface area (Å²) in [4.78, 5) is 30.4. The van der Waals surface area contributed by atoms with Gasteiger partial charge in [-0.05, 0) is 55.8 Å². The molecule has 0 saturated carbocycles. The van der Waals surface area contributed by atoms with Crippen molar-refractivity contribution >= 4 is 34.7 Å². The first-order valence-electron chi connectivity index (χ1n) is 14.1. The highest BCUT2D eigenvalue weighted by Crippen LogP contribution is 2.35. The van der Waals surface area contributed by atoms with Gasteiger partial charge in [-0.1, -0.05) is 24.3 Å². The number of ether oxygens (including phenoxy) is 2. The number of nitrogens with zero attached hydrogens (tertiary/aromatic N) is 2. The van der Waals surface area contributed by atoms with Crippen LogP contribution in [0.15, 0.2) is 66.7 Å². The van der Waals surface area contributed by atoms with Gasteiger partial charge in [-0.3, -0.25) is 4.79 Å². The molecule has 0 aromatic heterocycles. The van der Waals surface area contributed by atoms with E-state index in [9.17, 15) is 22.8 Å². The third-order valence-corrected chi connectivity index (χ3v) is 6.98. The Morgan fingerprint density at radius 1 is 0.884 bits per heavy atom. The molecule has 9 nitrogen and oxygen atoms in total. The lowest BCUT2D eigenvalue weighted by Gasteiger charge is -2.38. The Morgan fingerprint density at radius 3 is 2.26 bits per heavy atom. The average molecular weight is 600 g/mol. The van der Waals surface area contributed by atoms with E-state index in [1.165, 1.54) is 24.3 Å². The second-order valence-corrected chi connectivity index (χ2v) is 9.81. The highest BCUT2D eigenvalue weighted by atomic mass is 19.4. The van der Waals surface area contributed by atoms with E-state index in [4.69, 9.17) is 9.47 Å². The van der Waals surface area contributed by atoms with E-state index in [0.29, 0.717) is 63.6 Å². The first kappa shape index (κ1) is 31.5. The van der Waals surface area contributed by atoms with Crippen molar-refractivity contribution in [2.24, 2.45) is 0 Å². The maximum atomic E-state index is 13.4. The fraction of sp³-hybridized carbons (Fsp3) is 0.355. The van der Waals surface area contributed by atoms with Crippen LogP contribution in [0.1, 0.15) is 29.3 Å². The number of rotatable bonds is 11. The van der Waals surface area contributed by atoms with E-state index < -0.39 is 17.8 Å². The number of urea groups is 1.